The predicted molar refractivity (Wildman–Crippen MR) is 49.3 cm³/mol. The molecule has 4 nitrogen and oxygen atoms in total. The summed E-state index contributed by atoms with van der Waals surface area (Å²) in [5, 5.41) is 0. The number of hydrogen-bond acceptors (Lipinski definition) is 4. The van der Waals surface area contributed by atoms with E-state index in [9.17, 15) is 29.0 Å². The molecule has 0 aromatic heterocycles. The van der Waals surface area contributed by atoms with Gasteiger partial charge in [-0.05, 0) is 0 Å². The first-order valence-electron chi connectivity index (χ1n) is 3.73. The zero-order valence-corrected chi connectivity index (χ0v) is 9.10. The molecule has 0 aliphatic heterocycles. The maximum Gasteiger partial charge on any atom is 0.391 e. The molecular weight excluding hydrogens is 269 g/mol. The van der Waals surface area contributed by atoms with Gasteiger partial charge in [-0.3, -0.25) is 0 Å². The van der Waals surface area contributed by atoms with Gasteiger partial charge in [-0.15, -0.1) is 7.77 Å². The smallest absolute Gasteiger partial charge is 0.197 e. The van der Waals surface area contributed by atoms with Crippen molar-refractivity contribution in [1.29, 1.82) is 0 Å². The summed E-state index contributed by atoms with van der Waals surface area (Å²) in [6, 6.07) is 4.67. The van der Waals surface area contributed by atoms with Crippen molar-refractivity contribution in [3.63, 3.8) is 0 Å². The molecule has 0 N–H and O–H groups in total. The van der Waals surface area contributed by atoms with Crippen LogP contribution in [0.5, 0.6) is 0 Å². The predicted octanol–water partition coefficient (Wildman–Crippen LogP) is 1.37. The van der Waals surface area contributed by atoms with E-state index in [1.54, 1.807) is 0 Å². The van der Waals surface area contributed by atoms with E-state index >= 15 is 0 Å². The molecular formula is C7H5F3O4S2. The first-order chi connectivity index (χ1) is 7.11. The lowest BCUT2D eigenvalue weighted by atomic mass is 10.2. The molecule has 1 rings (SSSR count). The fourth-order valence-corrected chi connectivity index (χ4v) is 2.82. The van der Waals surface area contributed by atoms with Crippen molar-refractivity contribution in [3.8, 4) is 0 Å². The minimum absolute atomic E-state index is 0.647. The van der Waals surface area contributed by atoms with Crippen LogP contribution >= 0.6 is 0 Å². The summed E-state index contributed by atoms with van der Waals surface area (Å²) in [5.74, 6) is 0. The molecule has 0 saturated heterocycles. The van der Waals surface area contributed by atoms with Gasteiger partial charge in [0.2, 0.25) is 0 Å². The topological polar surface area (TPSA) is 68.3 Å². The van der Waals surface area contributed by atoms with E-state index in [-0.39, 0.29) is 0 Å². The lowest BCUT2D eigenvalue weighted by molar-refractivity contribution is 0.336. The zero-order chi connectivity index (χ0) is 12.6. The molecule has 0 spiro atoms. The third-order valence-corrected chi connectivity index (χ3v) is 4.67. The van der Waals surface area contributed by atoms with Crippen LogP contribution in [0, 0.1) is 0 Å². The van der Waals surface area contributed by atoms with Crippen LogP contribution in [0.4, 0.5) is 12.2 Å². The molecule has 0 heterocycles. The van der Waals surface area contributed by atoms with Gasteiger partial charge in [-0.2, -0.15) is 21.2 Å². The normalized spacial score (nSPS) is 13.7. The number of halogens is 3. The molecule has 1 aromatic carbocycles. The minimum Gasteiger partial charge on any atom is -0.197 e. The summed E-state index contributed by atoms with van der Waals surface area (Å²) in [6.07, 6.45) is 0. The summed E-state index contributed by atoms with van der Waals surface area (Å²) >= 11 is 0. The van der Waals surface area contributed by atoms with Gasteiger partial charge in [-0.25, -0.2) is 0 Å². The molecule has 0 bridgehead atoms. The highest BCUT2D eigenvalue weighted by Gasteiger charge is 2.59. The molecule has 0 aliphatic rings. The largest absolute Gasteiger partial charge is 0.391 e. The van der Waals surface area contributed by atoms with Gasteiger partial charge in [0.05, 0.1) is 0 Å². The van der Waals surface area contributed by atoms with Crippen molar-refractivity contribution < 1.29 is 29.0 Å². The van der Waals surface area contributed by atoms with Crippen molar-refractivity contribution in [2.45, 2.75) is 4.33 Å². The minimum atomic E-state index is -6.30. The van der Waals surface area contributed by atoms with Gasteiger partial charge in [0.25, 0.3) is 0 Å². The third kappa shape index (κ3) is 1.92. The van der Waals surface area contributed by atoms with Gasteiger partial charge in [0, 0.05) is 5.56 Å². The Labute approximate surface area is 90.1 Å². The zero-order valence-electron chi connectivity index (χ0n) is 7.47. The maximum atomic E-state index is 13.6. The van der Waals surface area contributed by atoms with Gasteiger partial charge in [0.15, 0.2) is 0 Å². The molecule has 16 heavy (non-hydrogen) atoms. The second-order valence-corrected chi connectivity index (χ2v) is 5.91. The van der Waals surface area contributed by atoms with Crippen molar-refractivity contribution in [2.24, 2.45) is 0 Å². The summed E-state index contributed by atoms with van der Waals surface area (Å²) < 4.78 is 75.8. The van der Waals surface area contributed by atoms with Gasteiger partial charge in [-0.1, -0.05) is 30.3 Å². The van der Waals surface area contributed by atoms with Crippen molar-refractivity contribution in [1.82, 2.24) is 0 Å². The summed E-state index contributed by atoms with van der Waals surface area (Å²) in [4.78, 5) is 0. The van der Waals surface area contributed by atoms with Crippen LogP contribution in [0.2, 0.25) is 0 Å². The van der Waals surface area contributed by atoms with Gasteiger partial charge < -0.3 is 0 Å². The second-order valence-electron chi connectivity index (χ2n) is 2.78. The molecule has 0 radical (unpaired) electrons. The Bertz CT molecular complexity index is 547. The fourth-order valence-electron chi connectivity index (χ4n) is 1.04. The third-order valence-electron chi connectivity index (χ3n) is 1.75. The Morgan fingerprint density at radius 3 is 1.56 bits per heavy atom. The van der Waals surface area contributed by atoms with Gasteiger partial charge in [0.1, 0.15) is 0 Å². The molecule has 0 fully saturated rings. The van der Waals surface area contributed by atoms with Crippen LogP contribution in [-0.2, 0) is 24.8 Å². The Hall–Kier alpha value is -1.09. The standard InChI is InChI=1S/C7H5F3O4S2/c8-7(15(9,11)12,16(10,13)14)6-4-2-1-3-5-6/h1-5H. The van der Waals surface area contributed by atoms with E-state index in [1.165, 1.54) is 6.07 Å². The highest BCUT2D eigenvalue weighted by molar-refractivity contribution is 8.04. The van der Waals surface area contributed by atoms with E-state index in [0.717, 1.165) is 12.1 Å². The highest BCUT2D eigenvalue weighted by Crippen LogP contribution is 2.40. The van der Waals surface area contributed by atoms with E-state index in [4.69, 9.17) is 0 Å². The summed E-state index contributed by atoms with van der Waals surface area (Å²) in [6.45, 7) is 0. The summed E-state index contributed by atoms with van der Waals surface area (Å²) in [7, 11) is -12.6. The Morgan fingerprint density at radius 2 is 1.25 bits per heavy atom. The molecule has 0 atom stereocenters. The highest BCUT2D eigenvalue weighted by atomic mass is 32.3. The molecule has 9 heteroatoms. The number of rotatable bonds is 3. The SMILES string of the molecule is O=S(=O)(F)C(F)(c1ccccc1)S(=O)(=O)F. The van der Waals surface area contributed by atoms with Crippen LogP contribution in [0.25, 0.3) is 0 Å². The summed E-state index contributed by atoms with van der Waals surface area (Å²) in [5.41, 5.74) is -1.15. The van der Waals surface area contributed by atoms with Crippen LogP contribution in [0.15, 0.2) is 30.3 Å². The number of hydrogen-bond donors (Lipinski definition) is 0. The Kier molecular flexibility index (Phi) is 3.03. The first kappa shape index (κ1) is 13.0. The Morgan fingerprint density at radius 1 is 0.875 bits per heavy atom. The first-order valence-corrected chi connectivity index (χ1v) is 6.50. The molecule has 0 amide bonds. The molecule has 90 valence electrons. The average Bonchev–Trinajstić information content (AvgIpc) is 2.14. The van der Waals surface area contributed by atoms with E-state index in [0.29, 0.717) is 12.1 Å². The maximum absolute atomic E-state index is 13.6. The van der Waals surface area contributed by atoms with Crippen LogP contribution in [0.1, 0.15) is 5.56 Å². The second kappa shape index (κ2) is 3.74. The number of benzene rings is 1. The monoisotopic (exact) mass is 274 g/mol. The molecule has 1 aromatic rings. The van der Waals surface area contributed by atoms with Crippen LogP contribution in [-0.4, -0.2) is 16.8 Å². The lowest BCUT2D eigenvalue weighted by Crippen LogP contribution is -2.34. The van der Waals surface area contributed by atoms with Crippen molar-refractivity contribution in [2.75, 3.05) is 0 Å². The van der Waals surface area contributed by atoms with Crippen molar-refractivity contribution >= 4 is 20.4 Å². The van der Waals surface area contributed by atoms with E-state index in [2.05, 4.69) is 0 Å². The van der Waals surface area contributed by atoms with Crippen molar-refractivity contribution in [3.05, 3.63) is 35.9 Å². The molecule has 0 saturated carbocycles. The molecule has 0 aliphatic carbocycles. The van der Waals surface area contributed by atoms with Gasteiger partial charge >= 0.3 is 24.8 Å². The van der Waals surface area contributed by atoms with E-state index < -0.39 is 30.3 Å². The lowest BCUT2D eigenvalue weighted by Gasteiger charge is -2.16. The van der Waals surface area contributed by atoms with Crippen LogP contribution < -0.4 is 0 Å². The van der Waals surface area contributed by atoms with Crippen LogP contribution in [0.3, 0.4) is 0 Å². The van der Waals surface area contributed by atoms with E-state index in [1.807, 2.05) is 0 Å². The fraction of sp³-hybridized carbons (Fsp3) is 0.143. The average molecular weight is 274 g/mol. The quantitative estimate of drug-likeness (QED) is 0.780. The molecule has 0 unspecified atom stereocenters. The number of alkyl halides is 1. The Balaban J connectivity index is 3.66.